The van der Waals surface area contributed by atoms with Crippen LogP contribution in [-0.2, 0) is 24.1 Å². The van der Waals surface area contributed by atoms with E-state index in [0.717, 1.165) is 33.4 Å². The van der Waals surface area contributed by atoms with Crippen molar-refractivity contribution in [1.29, 1.82) is 0 Å². The number of rotatable bonds is 10. The first-order valence-electron chi connectivity index (χ1n) is 13.8. The molecule has 0 saturated heterocycles. The molecule has 0 bridgehead atoms. The van der Waals surface area contributed by atoms with Crippen molar-refractivity contribution in [1.82, 2.24) is 9.88 Å². The topological polar surface area (TPSA) is 130 Å². The van der Waals surface area contributed by atoms with Gasteiger partial charge in [-0.05, 0) is 72.4 Å². The number of carboxylic acid groups (broad SMARTS) is 2. The van der Waals surface area contributed by atoms with E-state index in [1.807, 2.05) is 30.9 Å². The number of nitrogens with zero attached hydrogens (tertiary/aromatic N) is 2. The van der Waals surface area contributed by atoms with Gasteiger partial charge in [0.2, 0.25) is 5.91 Å². The molecule has 9 nitrogen and oxygen atoms in total. The molecule has 0 saturated carbocycles. The normalized spacial score (nSPS) is 14.3. The van der Waals surface area contributed by atoms with Crippen LogP contribution in [-0.4, -0.2) is 51.1 Å². The number of hydrogen-bond acceptors (Lipinski definition) is 6. The number of carboxylic acids is 2. The monoisotopic (exact) mass is 568 g/mol. The van der Waals surface area contributed by atoms with Crippen LogP contribution in [0.3, 0.4) is 0 Å². The number of carbonyl (C=O) groups is 3. The van der Waals surface area contributed by atoms with E-state index in [1.165, 1.54) is 18.7 Å². The summed E-state index contributed by atoms with van der Waals surface area (Å²) < 4.78 is 11.1. The van der Waals surface area contributed by atoms with Crippen LogP contribution in [0.5, 0.6) is 5.75 Å². The van der Waals surface area contributed by atoms with E-state index in [4.69, 9.17) is 9.15 Å². The summed E-state index contributed by atoms with van der Waals surface area (Å²) in [7, 11) is 0. The number of oxazole rings is 1. The Bertz CT molecular complexity index is 1630. The van der Waals surface area contributed by atoms with Gasteiger partial charge in [0.15, 0.2) is 6.39 Å². The van der Waals surface area contributed by atoms with E-state index in [1.54, 1.807) is 30.3 Å². The minimum Gasteiger partial charge on any atom is -0.492 e. The van der Waals surface area contributed by atoms with Crippen molar-refractivity contribution in [2.45, 2.75) is 45.6 Å². The zero-order chi connectivity index (χ0) is 29.8. The Kier molecular flexibility index (Phi) is 8.38. The van der Waals surface area contributed by atoms with Crippen LogP contribution in [0.15, 0.2) is 71.7 Å². The van der Waals surface area contributed by atoms with Crippen LogP contribution < -0.4 is 4.74 Å². The second kappa shape index (κ2) is 12.3. The maximum atomic E-state index is 13.6. The second-order valence-corrected chi connectivity index (χ2v) is 10.5. The highest BCUT2D eigenvalue weighted by atomic mass is 16.5. The lowest BCUT2D eigenvalue weighted by Gasteiger charge is -2.39. The van der Waals surface area contributed by atoms with E-state index >= 15 is 0 Å². The number of ether oxygens (including phenoxy) is 1. The summed E-state index contributed by atoms with van der Waals surface area (Å²) >= 11 is 0. The molecule has 3 aromatic carbocycles. The smallest absolute Gasteiger partial charge is 0.339 e. The van der Waals surface area contributed by atoms with Gasteiger partial charge in [0, 0.05) is 25.8 Å². The van der Waals surface area contributed by atoms with Crippen LogP contribution in [0.4, 0.5) is 0 Å². The number of hydrogen-bond donors (Lipinski definition) is 2. The Morgan fingerprint density at radius 2 is 1.83 bits per heavy atom. The molecule has 1 atom stereocenters. The SMILES string of the molecule is Cc1ccc(C2c3cc(OCCc4cccc(C(=O)O)c4)c(C(=O)O)cc3CCN2C(=O)CCc2cocn2)c(C)c1. The first-order chi connectivity index (χ1) is 20.2. The van der Waals surface area contributed by atoms with Gasteiger partial charge in [-0.3, -0.25) is 4.79 Å². The molecule has 2 heterocycles. The Labute approximate surface area is 243 Å². The molecule has 0 aliphatic carbocycles. The molecule has 1 amide bonds. The largest absolute Gasteiger partial charge is 0.492 e. The average molecular weight is 569 g/mol. The van der Waals surface area contributed by atoms with Gasteiger partial charge in [0.25, 0.3) is 0 Å². The molecule has 2 N–H and O–H groups in total. The molecule has 4 aromatic rings. The fraction of sp³-hybridized carbons (Fsp3) is 0.273. The molecular weight excluding hydrogens is 536 g/mol. The Hall–Kier alpha value is -4.92. The van der Waals surface area contributed by atoms with E-state index in [9.17, 15) is 24.6 Å². The van der Waals surface area contributed by atoms with Gasteiger partial charge in [-0.15, -0.1) is 0 Å². The molecule has 1 unspecified atom stereocenters. The molecule has 0 radical (unpaired) electrons. The van der Waals surface area contributed by atoms with Crippen molar-refractivity contribution < 1.29 is 33.8 Å². The molecule has 0 fully saturated rings. The van der Waals surface area contributed by atoms with Gasteiger partial charge in [-0.1, -0.05) is 35.9 Å². The maximum Gasteiger partial charge on any atom is 0.339 e. The van der Waals surface area contributed by atoms with Crippen LogP contribution in [0.2, 0.25) is 0 Å². The number of fused-ring (bicyclic) bond motifs is 1. The Balaban J connectivity index is 1.48. The minimum absolute atomic E-state index is 0.0308. The van der Waals surface area contributed by atoms with Crippen LogP contribution in [0, 0.1) is 13.8 Å². The van der Waals surface area contributed by atoms with E-state index in [-0.39, 0.29) is 35.8 Å². The molecule has 1 aliphatic rings. The molecule has 42 heavy (non-hydrogen) atoms. The molecule has 0 spiro atoms. The highest BCUT2D eigenvalue weighted by Crippen LogP contribution is 2.40. The average Bonchev–Trinajstić information content (AvgIpc) is 3.49. The molecular formula is C33H32N2O7. The number of aromatic carboxylic acids is 2. The van der Waals surface area contributed by atoms with Crippen molar-refractivity contribution in [2.75, 3.05) is 13.2 Å². The summed E-state index contributed by atoms with van der Waals surface area (Å²) in [6.07, 6.45) is 4.50. The highest BCUT2D eigenvalue weighted by Gasteiger charge is 2.34. The lowest BCUT2D eigenvalue weighted by Crippen LogP contribution is -2.41. The van der Waals surface area contributed by atoms with E-state index < -0.39 is 18.0 Å². The summed E-state index contributed by atoms with van der Waals surface area (Å²) in [5.74, 6) is -1.94. The lowest BCUT2D eigenvalue weighted by atomic mass is 9.84. The first-order valence-corrected chi connectivity index (χ1v) is 13.8. The predicted octanol–water partition coefficient (Wildman–Crippen LogP) is 5.42. The summed E-state index contributed by atoms with van der Waals surface area (Å²) in [5.41, 5.74) is 6.50. The summed E-state index contributed by atoms with van der Waals surface area (Å²) in [5, 5.41) is 19.3. The third-order valence-electron chi connectivity index (χ3n) is 7.64. The molecule has 1 aliphatic heterocycles. The number of aromatic nitrogens is 1. The zero-order valence-electron chi connectivity index (χ0n) is 23.5. The summed E-state index contributed by atoms with van der Waals surface area (Å²) in [4.78, 5) is 43.2. The van der Waals surface area contributed by atoms with Crippen molar-refractivity contribution >= 4 is 17.8 Å². The van der Waals surface area contributed by atoms with Gasteiger partial charge in [0.1, 0.15) is 17.6 Å². The van der Waals surface area contributed by atoms with Crippen molar-refractivity contribution in [3.63, 3.8) is 0 Å². The number of aryl methyl sites for hydroxylation is 3. The van der Waals surface area contributed by atoms with Crippen molar-refractivity contribution in [3.8, 4) is 5.75 Å². The fourth-order valence-electron chi connectivity index (χ4n) is 5.55. The third-order valence-corrected chi connectivity index (χ3v) is 7.64. The van der Waals surface area contributed by atoms with Crippen LogP contribution >= 0.6 is 0 Å². The quantitative estimate of drug-likeness (QED) is 0.260. The van der Waals surface area contributed by atoms with E-state index in [2.05, 4.69) is 11.1 Å². The molecule has 216 valence electrons. The van der Waals surface area contributed by atoms with Gasteiger partial charge in [-0.2, -0.15) is 0 Å². The van der Waals surface area contributed by atoms with Gasteiger partial charge >= 0.3 is 11.9 Å². The first kappa shape index (κ1) is 28.6. The van der Waals surface area contributed by atoms with Crippen molar-refractivity contribution in [2.24, 2.45) is 0 Å². The molecule has 9 heteroatoms. The molecule has 5 rings (SSSR count). The second-order valence-electron chi connectivity index (χ2n) is 10.5. The van der Waals surface area contributed by atoms with E-state index in [0.29, 0.717) is 31.5 Å². The number of amides is 1. The number of carbonyl (C=O) groups excluding carboxylic acids is 1. The highest BCUT2D eigenvalue weighted by molar-refractivity contribution is 5.91. The summed E-state index contributed by atoms with van der Waals surface area (Å²) in [6, 6.07) is 15.7. The van der Waals surface area contributed by atoms with Crippen molar-refractivity contribution in [3.05, 3.63) is 117 Å². The standard InChI is InChI=1S/C33H32N2O7/c1-20-6-8-26(21(2)14-20)31-27-17-29(42-13-11-22-4-3-5-24(15-22)32(37)38)28(33(39)40)16-23(27)10-12-35(31)30(36)9-7-25-18-41-19-34-25/h3-6,8,14-19,31H,7,9-13H2,1-2H3,(H,37,38)(H,39,40). The minimum atomic E-state index is -1.10. The van der Waals surface area contributed by atoms with Crippen LogP contribution in [0.25, 0.3) is 0 Å². The lowest BCUT2D eigenvalue weighted by molar-refractivity contribution is -0.133. The third kappa shape index (κ3) is 6.20. The predicted molar refractivity (Wildman–Crippen MR) is 154 cm³/mol. The van der Waals surface area contributed by atoms with Gasteiger partial charge < -0.3 is 24.3 Å². The van der Waals surface area contributed by atoms with Crippen LogP contribution in [0.1, 0.15) is 72.3 Å². The van der Waals surface area contributed by atoms with Gasteiger partial charge in [-0.25, -0.2) is 14.6 Å². The summed E-state index contributed by atoms with van der Waals surface area (Å²) in [6.45, 7) is 4.63. The Morgan fingerprint density at radius 3 is 2.55 bits per heavy atom. The molecule has 1 aromatic heterocycles. The Morgan fingerprint density at radius 1 is 1.00 bits per heavy atom. The van der Waals surface area contributed by atoms with Gasteiger partial charge in [0.05, 0.1) is 23.9 Å². The fourth-order valence-corrected chi connectivity index (χ4v) is 5.55. The maximum absolute atomic E-state index is 13.6. The number of benzene rings is 3. The zero-order valence-corrected chi connectivity index (χ0v) is 23.5.